The molecule has 0 heterocycles. The standard InChI is InChI=1S/C14H12O4/c15-13(16)7-9-4-5-10-2-1-3-11(8-14(17)18)12(10)6-9/h1-6H,7-8H2,(H,15,16)(H,17,18). The maximum absolute atomic E-state index is 10.8. The van der Waals surface area contributed by atoms with E-state index in [0.29, 0.717) is 11.1 Å². The molecule has 92 valence electrons. The lowest BCUT2D eigenvalue weighted by molar-refractivity contribution is -0.137. The molecule has 0 aliphatic carbocycles. The molecular weight excluding hydrogens is 232 g/mol. The van der Waals surface area contributed by atoms with Crippen LogP contribution in [0.15, 0.2) is 36.4 Å². The Hall–Kier alpha value is -2.36. The van der Waals surface area contributed by atoms with Crippen LogP contribution in [0, 0.1) is 0 Å². The molecule has 2 N–H and O–H groups in total. The van der Waals surface area contributed by atoms with Crippen molar-refractivity contribution >= 4 is 22.7 Å². The molecule has 0 fully saturated rings. The molecule has 0 bridgehead atoms. The second-order valence-corrected chi connectivity index (χ2v) is 4.11. The largest absolute Gasteiger partial charge is 0.481 e. The zero-order chi connectivity index (χ0) is 13.1. The molecule has 0 saturated heterocycles. The van der Waals surface area contributed by atoms with Crippen molar-refractivity contribution in [1.29, 1.82) is 0 Å². The van der Waals surface area contributed by atoms with Crippen LogP contribution in [0.3, 0.4) is 0 Å². The van der Waals surface area contributed by atoms with Crippen molar-refractivity contribution < 1.29 is 19.8 Å². The Morgan fingerprint density at radius 2 is 1.67 bits per heavy atom. The van der Waals surface area contributed by atoms with Gasteiger partial charge in [0.15, 0.2) is 0 Å². The van der Waals surface area contributed by atoms with Gasteiger partial charge in [-0.15, -0.1) is 0 Å². The van der Waals surface area contributed by atoms with Crippen molar-refractivity contribution in [3.63, 3.8) is 0 Å². The van der Waals surface area contributed by atoms with Crippen LogP contribution < -0.4 is 0 Å². The highest BCUT2D eigenvalue weighted by Crippen LogP contribution is 2.21. The summed E-state index contributed by atoms with van der Waals surface area (Å²) in [4.78, 5) is 21.5. The first-order chi connectivity index (χ1) is 8.56. The van der Waals surface area contributed by atoms with Gasteiger partial charge in [0.1, 0.15) is 0 Å². The summed E-state index contributed by atoms with van der Waals surface area (Å²) in [5.74, 6) is -1.80. The van der Waals surface area contributed by atoms with Crippen molar-refractivity contribution in [3.05, 3.63) is 47.5 Å². The summed E-state index contributed by atoms with van der Waals surface area (Å²) in [6.45, 7) is 0. The van der Waals surface area contributed by atoms with Crippen LogP contribution in [-0.4, -0.2) is 22.2 Å². The summed E-state index contributed by atoms with van der Waals surface area (Å²) < 4.78 is 0. The highest BCUT2D eigenvalue weighted by atomic mass is 16.4. The smallest absolute Gasteiger partial charge is 0.307 e. The molecule has 4 heteroatoms. The topological polar surface area (TPSA) is 74.6 Å². The van der Waals surface area contributed by atoms with Crippen molar-refractivity contribution in [2.75, 3.05) is 0 Å². The van der Waals surface area contributed by atoms with E-state index >= 15 is 0 Å². The first-order valence-corrected chi connectivity index (χ1v) is 5.50. The van der Waals surface area contributed by atoms with Crippen molar-refractivity contribution in [3.8, 4) is 0 Å². The zero-order valence-corrected chi connectivity index (χ0v) is 9.59. The molecule has 4 nitrogen and oxygen atoms in total. The summed E-state index contributed by atoms with van der Waals surface area (Å²) in [7, 11) is 0. The minimum atomic E-state index is -0.898. The van der Waals surface area contributed by atoms with E-state index in [0.717, 1.165) is 10.8 Å². The fourth-order valence-electron chi connectivity index (χ4n) is 1.99. The van der Waals surface area contributed by atoms with Crippen molar-refractivity contribution in [1.82, 2.24) is 0 Å². The third kappa shape index (κ3) is 2.66. The normalized spacial score (nSPS) is 10.4. The fourth-order valence-corrected chi connectivity index (χ4v) is 1.99. The molecule has 18 heavy (non-hydrogen) atoms. The molecular formula is C14H12O4. The second kappa shape index (κ2) is 4.87. The summed E-state index contributed by atoms with van der Waals surface area (Å²) in [6, 6.07) is 10.8. The fraction of sp³-hybridized carbons (Fsp3) is 0.143. The van der Waals surface area contributed by atoms with Gasteiger partial charge in [-0.1, -0.05) is 36.4 Å². The Morgan fingerprint density at radius 1 is 0.944 bits per heavy atom. The quantitative estimate of drug-likeness (QED) is 0.863. The Bertz CT molecular complexity index is 616. The third-order valence-corrected chi connectivity index (χ3v) is 2.73. The monoisotopic (exact) mass is 244 g/mol. The van der Waals surface area contributed by atoms with Crippen molar-refractivity contribution in [2.45, 2.75) is 12.8 Å². The average Bonchev–Trinajstić information content (AvgIpc) is 2.28. The van der Waals surface area contributed by atoms with Gasteiger partial charge < -0.3 is 10.2 Å². The number of carboxylic acids is 2. The molecule has 0 saturated carbocycles. The van der Waals surface area contributed by atoms with E-state index in [4.69, 9.17) is 10.2 Å². The molecule has 0 amide bonds. The third-order valence-electron chi connectivity index (χ3n) is 2.73. The Balaban J connectivity index is 2.51. The number of hydrogen-bond acceptors (Lipinski definition) is 2. The van der Waals surface area contributed by atoms with Crippen LogP contribution in [-0.2, 0) is 22.4 Å². The number of carbonyl (C=O) groups is 2. The summed E-state index contributed by atoms with van der Waals surface area (Å²) >= 11 is 0. The van der Waals surface area contributed by atoms with Crippen LogP contribution in [0.1, 0.15) is 11.1 Å². The van der Waals surface area contributed by atoms with Gasteiger partial charge in [-0.05, 0) is 21.9 Å². The number of hydrogen-bond donors (Lipinski definition) is 2. The Labute approximate surface area is 103 Å². The molecule has 0 aliphatic rings. The lowest BCUT2D eigenvalue weighted by Gasteiger charge is -2.06. The van der Waals surface area contributed by atoms with E-state index in [2.05, 4.69) is 0 Å². The number of rotatable bonds is 4. The van der Waals surface area contributed by atoms with E-state index in [1.807, 2.05) is 12.1 Å². The van der Waals surface area contributed by atoms with Crippen LogP contribution in [0.2, 0.25) is 0 Å². The highest BCUT2D eigenvalue weighted by Gasteiger charge is 2.07. The van der Waals surface area contributed by atoms with Gasteiger partial charge in [0.05, 0.1) is 12.8 Å². The predicted molar refractivity (Wildman–Crippen MR) is 66.6 cm³/mol. The van der Waals surface area contributed by atoms with E-state index in [1.165, 1.54) is 0 Å². The average molecular weight is 244 g/mol. The Kier molecular flexibility index (Phi) is 3.28. The number of carboxylic acid groups (broad SMARTS) is 2. The van der Waals surface area contributed by atoms with E-state index < -0.39 is 11.9 Å². The first-order valence-electron chi connectivity index (χ1n) is 5.50. The minimum Gasteiger partial charge on any atom is -0.481 e. The molecule has 0 aliphatic heterocycles. The molecule has 0 radical (unpaired) electrons. The van der Waals surface area contributed by atoms with Crippen molar-refractivity contribution in [2.24, 2.45) is 0 Å². The van der Waals surface area contributed by atoms with Gasteiger partial charge in [-0.25, -0.2) is 0 Å². The van der Waals surface area contributed by atoms with Gasteiger partial charge in [0.25, 0.3) is 0 Å². The molecule has 0 unspecified atom stereocenters. The Morgan fingerprint density at radius 3 is 2.33 bits per heavy atom. The van der Waals surface area contributed by atoms with Crippen LogP contribution in [0.4, 0.5) is 0 Å². The van der Waals surface area contributed by atoms with Gasteiger partial charge >= 0.3 is 11.9 Å². The molecule has 2 aromatic carbocycles. The van der Waals surface area contributed by atoms with E-state index in [-0.39, 0.29) is 12.8 Å². The lowest BCUT2D eigenvalue weighted by Crippen LogP contribution is -2.02. The molecule has 0 spiro atoms. The number of fused-ring (bicyclic) bond motifs is 1. The first kappa shape index (κ1) is 12.1. The summed E-state index contributed by atoms with van der Waals surface area (Å²) in [5.41, 5.74) is 1.38. The van der Waals surface area contributed by atoms with Crippen LogP contribution >= 0.6 is 0 Å². The van der Waals surface area contributed by atoms with E-state index in [9.17, 15) is 9.59 Å². The van der Waals surface area contributed by atoms with Crippen LogP contribution in [0.25, 0.3) is 10.8 Å². The lowest BCUT2D eigenvalue weighted by atomic mass is 9.99. The van der Waals surface area contributed by atoms with Crippen LogP contribution in [0.5, 0.6) is 0 Å². The molecule has 2 aromatic rings. The number of benzene rings is 2. The van der Waals surface area contributed by atoms with E-state index in [1.54, 1.807) is 24.3 Å². The number of aliphatic carboxylic acids is 2. The molecule has 2 rings (SSSR count). The minimum absolute atomic E-state index is 0.0582. The van der Waals surface area contributed by atoms with Gasteiger partial charge in [-0.3, -0.25) is 9.59 Å². The summed E-state index contributed by atoms with van der Waals surface area (Å²) in [5, 5.41) is 19.3. The molecule has 0 aromatic heterocycles. The SMILES string of the molecule is O=C(O)Cc1ccc2cccc(CC(=O)O)c2c1. The summed E-state index contributed by atoms with van der Waals surface area (Å²) in [6.07, 6.45) is -0.120. The second-order valence-electron chi connectivity index (χ2n) is 4.11. The maximum atomic E-state index is 10.8. The molecule has 0 atom stereocenters. The predicted octanol–water partition coefficient (Wildman–Crippen LogP) is 2.09. The zero-order valence-electron chi connectivity index (χ0n) is 9.59. The van der Waals surface area contributed by atoms with Gasteiger partial charge in [-0.2, -0.15) is 0 Å². The maximum Gasteiger partial charge on any atom is 0.307 e. The van der Waals surface area contributed by atoms with Gasteiger partial charge in [0.2, 0.25) is 0 Å². The van der Waals surface area contributed by atoms with Gasteiger partial charge in [0, 0.05) is 0 Å². The highest BCUT2D eigenvalue weighted by molar-refractivity contribution is 5.89.